The van der Waals surface area contributed by atoms with E-state index >= 15 is 0 Å². The molecular weight excluding hydrogens is 438 g/mol. The summed E-state index contributed by atoms with van der Waals surface area (Å²) in [7, 11) is 0. The van der Waals surface area contributed by atoms with Crippen molar-refractivity contribution >= 4 is 18.0 Å². The van der Waals surface area contributed by atoms with Gasteiger partial charge in [-0.05, 0) is 30.7 Å². The standard InChI is InChI=1S/C19H30N2O4.C6H13NO2/c20-17(18(22)23)13-9-4-2-1-3-5-10-14-21-19(24)25-15-16-11-7-6-8-12-16;1-4(2)3-5(7)6(8)9/h6-8,11-12,17H,1-5,9-10,13-15,20H2,(H,21,24)(H,22,23);4-5H,3,7H2,1-2H3,(H,8,9)/t;5-/m.0/s1. The van der Waals surface area contributed by atoms with Gasteiger partial charge in [0.15, 0.2) is 0 Å². The van der Waals surface area contributed by atoms with Crippen LogP contribution >= 0.6 is 0 Å². The molecule has 0 aliphatic rings. The largest absolute Gasteiger partial charge is 0.480 e. The molecule has 194 valence electrons. The summed E-state index contributed by atoms with van der Waals surface area (Å²) in [6.07, 6.45) is 7.94. The number of benzene rings is 1. The van der Waals surface area contributed by atoms with E-state index in [0.717, 1.165) is 50.5 Å². The van der Waals surface area contributed by atoms with Crippen LogP contribution in [0.5, 0.6) is 0 Å². The van der Waals surface area contributed by atoms with Gasteiger partial charge < -0.3 is 31.7 Å². The summed E-state index contributed by atoms with van der Waals surface area (Å²) in [6.45, 7) is 4.81. The van der Waals surface area contributed by atoms with E-state index in [1.165, 1.54) is 0 Å². The third kappa shape index (κ3) is 18.9. The predicted octanol–water partition coefficient (Wildman–Crippen LogP) is 3.89. The lowest BCUT2D eigenvalue weighted by atomic mass is 10.1. The zero-order valence-corrected chi connectivity index (χ0v) is 20.6. The Balaban J connectivity index is 0.00000102. The van der Waals surface area contributed by atoms with Crippen LogP contribution in [0.2, 0.25) is 0 Å². The first-order chi connectivity index (χ1) is 16.1. The molecule has 0 aliphatic carbocycles. The van der Waals surface area contributed by atoms with Crippen molar-refractivity contribution in [3.8, 4) is 0 Å². The minimum Gasteiger partial charge on any atom is -0.480 e. The van der Waals surface area contributed by atoms with Crippen molar-refractivity contribution in [3.63, 3.8) is 0 Å². The van der Waals surface area contributed by atoms with Gasteiger partial charge in [0.25, 0.3) is 0 Å². The fourth-order valence-electron chi connectivity index (χ4n) is 3.07. The van der Waals surface area contributed by atoms with Crippen LogP contribution in [0.15, 0.2) is 30.3 Å². The Morgan fingerprint density at radius 2 is 1.38 bits per heavy atom. The lowest BCUT2D eigenvalue weighted by Crippen LogP contribution is -2.31. The summed E-state index contributed by atoms with van der Waals surface area (Å²) in [6, 6.07) is 8.17. The number of nitrogens with one attached hydrogen (secondary N) is 1. The molecule has 0 radical (unpaired) electrons. The first kappa shape index (κ1) is 31.4. The van der Waals surface area contributed by atoms with Crippen molar-refractivity contribution in [3.05, 3.63) is 35.9 Å². The number of rotatable bonds is 16. The number of alkyl carbamates (subject to hydrolysis) is 1. The molecule has 0 heterocycles. The van der Waals surface area contributed by atoms with E-state index in [-0.39, 0.29) is 12.7 Å². The Kier molecular flexibility index (Phi) is 18.2. The van der Waals surface area contributed by atoms with Gasteiger partial charge in [-0.2, -0.15) is 0 Å². The summed E-state index contributed by atoms with van der Waals surface area (Å²) in [4.78, 5) is 32.2. The van der Waals surface area contributed by atoms with Crippen LogP contribution in [-0.4, -0.2) is 46.9 Å². The lowest BCUT2D eigenvalue weighted by molar-refractivity contribution is -0.139. The van der Waals surface area contributed by atoms with E-state index in [1.54, 1.807) is 0 Å². The smallest absolute Gasteiger partial charge is 0.407 e. The van der Waals surface area contributed by atoms with Crippen molar-refractivity contribution in [1.29, 1.82) is 0 Å². The molecule has 0 saturated heterocycles. The number of hydrogen-bond acceptors (Lipinski definition) is 6. The van der Waals surface area contributed by atoms with Crippen LogP contribution in [0, 0.1) is 5.92 Å². The number of ether oxygens (including phenoxy) is 1. The maximum absolute atomic E-state index is 11.5. The van der Waals surface area contributed by atoms with Crippen molar-refractivity contribution < 1.29 is 29.3 Å². The zero-order chi connectivity index (χ0) is 25.8. The van der Waals surface area contributed by atoms with Gasteiger partial charge in [-0.3, -0.25) is 9.59 Å². The van der Waals surface area contributed by atoms with Gasteiger partial charge in [0.2, 0.25) is 0 Å². The first-order valence-electron chi connectivity index (χ1n) is 12.0. The predicted molar refractivity (Wildman–Crippen MR) is 132 cm³/mol. The van der Waals surface area contributed by atoms with Gasteiger partial charge >= 0.3 is 18.0 Å². The summed E-state index contributed by atoms with van der Waals surface area (Å²) >= 11 is 0. The second-order valence-electron chi connectivity index (χ2n) is 8.77. The Morgan fingerprint density at radius 1 is 0.853 bits per heavy atom. The number of carbonyl (C=O) groups excluding carboxylic acids is 1. The molecule has 1 rings (SSSR count). The maximum atomic E-state index is 11.5. The monoisotopic (exact) mass is 481 g/mol. The third-order valence-electron chi connectivity index (χ3n) is 5.03. The molecule has 1 amide bonds. The Hall–Kier alpha value is -2.65. The SMILES string of the molecule is CC(C)C[C@H](N)C(=O)O.NC(CCCCCCCCCNC(=O)OCc1ccccc1)C(=O)O. The quantitative estimate of drug-likeness (QED) is 0.222. The topological polar surface area (TPSA) is 165 Å². The molecule has 9 heteroatoms. The maximum Gasteiger partial charge on any atom is 0.407 e. The molecule has 9 nitrogen and oxygen atoms in total. The van der Waals surface area contributed by atoms with Crippen LogP contribution in [0.4, 0.5) is 4.79 Å². The van der Waals surface area contributed by atoms with E-state index in [0.29, 0.717) is 25.3 Å². The Labute approximate surface area is 203 Å². The number of amides is 1. The lowest BCUT2D eigenvalue weighted by Gasteiger charge is -2.07. The summed E-state index contributed by atoms with van der Waals surface area (Å²) in [5, 5.41) is 19.7. The highest BCUT2D eigenvalue weighted by molar-refractivity contribution is 5.73. The molecule has 1 aromatic rings. The van der Waals surface area contributed by atoms with Crippen molar-refractivity contribution in [2.75, 3.05) is 6.54 Å². The highest BCUT2D eigenvalue weighted by Crippen LogP contribution is 2.09. The minimum atomic E-state index is -0.921. The van der Waals surface area contributed by atoms with Gasteiger partial charge in [0.1, 0.15) is 18.7 Å². The molecule has 0 bridgehead atoms. The van der Waals surface area contributed by atoms with Crippen LogP contribution in [0.3, 0.4) is 0 Å². The van der Waals surface area contributed by atoms with Crippen LogP contribution in [-0.2, 0) is 20.9 Å². The fraction of sp³-hybridized carbons (Fsp3) is 0.640. The van der Waals surface area contributed by atoms with E-state index in [2.05, 4.69) is 5.32 Å². The van der Waals surface area contributed by atoms with E-state index < -0.39 is 24.0 Å². The van der Waals surface area contributed by atoms with Gasteiger partial charge in [-0.1, -0.05) is 82.7 Å². The number of nitrogens with two attached hydrogens (primary N) is 2. The summed E-state index contributed by atoms with van der Waals surface area (Å²) in [5.41, 5.74) is 11.6. The molecule has 7 N–H and O–H groups in total. The van der Waals surface area contributed by atoms with Gasteiger partial charge in [-0.15, -0.1) is 0 Å². The molecule has 34 heavy (non-hydrogen) atoms. The minimum absolute atomic E-state index is 0.290. The Morgan fingerprint density at radius 3 is 1.88 bits per heavy atom. The van der Waals surface area contributed by atoms with Gasteiger partial charge in [-0.25, -0.2) is 4.79 Å². The fourth-order valence-corrected chi connectivity index (χ4v) is 3.07. The average Bonchev–Trinajstić information content (AvgIpc) is 2.79. The number of carboxylic acids is 2. The Bertz CT molecular complexity index is 684. The molecular formula is C25H43N3O6. The molecule has 2 atom stereocenters. The number of carbonyl (C=O) groups is 3. The van der Waals surface area contributed by atoms with Crippen LogP contribution in [0.25, 0.3) is 0 Å². The first-order valence-corrected chi connectivity index (χ1v) is 12.0. The molecule has 0 aliphatic heterocycles. The molecule has 1 unspecified atom stereocenters. The molecule has 1 aromatic carbocycles. The number of aliphatic carboxylic acids is 2. The molecule has 0 fully saturated rings. The van der Waals surface area contributed by atoms with Gasteiger partial charge in [0, 0.05) is 6.54 Å². The van der Waals surface area contributed by atoms with Crippen molar-refractivity contribution in [1.82, 2.24) is 5.32 Å². The third-order valence-corrected chi connectivity index (χ3v) is 5.03. The van der Waals surface area contributed by atoms with Crippen LogP contribution in [0.1, 0.15) is 77.2 Å². The summed E-state index contributed by atoms with van der Waals surface area (Å²) < 4.78 is 5.13. The number of unbranched alkanes of at least 4 members (excludes halogenated alkanes) is 6. The molecule has 0 spiro atoms. The summed E-state index contributed by atoms with van der Waals surface area (Å²) in [5.74, 6) is -1.48. The zero-order valence-electron chi connectivity index (χ0n) is 20.6. The normalized spacial score (nSPS) is 12.3. The van der Waals surface area contributed by atoms with E-state index in [4.69, 9.17) is 26.4 Å². The van der Waals surface area contributed by atoms with Crippen molar-refractivity contribution in [2.24, 2.45) is 17.4 Å². The number of carboxylic acid groups (broad SMARTS) is 2. The van der Waals surface area contributed by atoms with E-state index in [1.807, 2.05) is 44.2 Å². The number of hydrogen-bond donors (Lipinski definition) is 5. The van der Waals surface area contributed by atoms with Crippen LogP contribution < -0.4 is 16.8 Å². The highest BCUT2D eigenvalue weighted by Gasteiger charge is 2.12. The molecule has 0 aromatic heterocycles. The second-order valence-corrected chi connectivity index (χ2v) is 8.77. The highest BCUT2D eigenvalue weighted by atomic mass is 16.5. The average molecular weight is 482 g/mol. The second kappa shape index (κ2) is 19.8. The molecule has 0 saturated carbocycles. The van der Waals surface area contributed by atoms with Gasteiger partial charge in [0.05, 0.1) is 0 Å². The van der Waals surface area contributed by atoms with Crippen molar-refractivity contribution in [2.45, 2.75) is 90.3 Å². The van der Waals surface area contributed by atoms with E-state index in [9.17, 15) is 14.4 Å².